The Morgan fingerprint density at radius 1 is 1.10 bits per heavy atom. The molecular formula is C23H20N4O2S2. The van der Waals surface area contributed by atoms with Crippen molar-refractivity contribution >= 4 is 32.9 Å². The van der Waals surface area contributed by atoms with Crippen molar-refractivity contribution in [3.63, 3.8) is 0 Å². The van der Waals surface area contributed by atoms with E-state index in [0.29, 0.717) is 18.0 Å². The summed E-state index contributed by atoms with van der Waals surface area (Å²) in [7, 11) is 0. The van der Waals surface area contributed by atoms with Gasteiger partial charge in [-0.25, -0.2) is 4.98 Å². The summed E-state index contributed by atoms with van der Waals surface area (Å²) in [4.78, 5) is 14.1. The molecule has 31 heavy (non-hydrogen) atoms. The average molecular weight is 449 g/mol. The van der Waals surface area contributed by atoms with Crippen LogP contribution in [-0.4, -0.2) is 41.2 Å². The van der Waals surface area contributed by atoms with E-state index >= 15 is 0 Å². The van der Waals surface area contributed by atoms with E-state index in [-0.39, 0.29) is 6.61 Å². The molecule has 0 saturated carbocycles. The number of morpholine rings is 1. The van der Waals surface area contributed by atoms with Gasteiger partial charge >= 0.3 is 0 Å². The van der Waals surface area contributed by atoms with Crippen molar-refractivity contribution in [1.29, 1.82) is 5.26 Å². The summed E-state index contributed by atoms with van der Waals surface area (Å²) < 4.78 is 11.7. The molecule has 0 atom stereocenters. The zero-order valence-electron chi connectivity index (χ0n) is 16.8. The summed E-state index contributed by atoms with van der Waals surface area (Å²) in [5, 5.41) is 14.5. The van der Waals surface area contributed by atoms with Gasteiger partial charge in [0.05, 0.1) is 36.8 Å². The number of hydrogen-bond acceptors (Lipinski definition) is 8. The van der Waals surface area contributed by atoms with Gasteiger partial charge in [-0.2, -0.15) is 10.2 Å². The second-order valence-electron chi connectivity index (χ2n) is 7.20. The predicted molar refractivity (Wildman–Crippen MR) is 122 cm³/mol. The van der Waals surface area contributed by atoms with Gasteiger partial charge < -0.3 is 9.47 Å². The van der Waals surface area contributed by atoms with Crippen molar-refractivity contribution in [3.05, 3.63) is 64.1 Å². The lowest BCUT2D eigenvalue weighted by Crippen LogP contribution is -2.36. The maximum absolute atomic E-state index is 9.41. The standard InChI is InChI=1S/C23H20N4O2S2/c24-12-16-4-1-2-5-17(16)14-29-22-21-18(19-6-3-11-30-19)15-31-23(21)26-20(25-22)13-27-7-9-28-10-8-27/h1-6,11,15H,7-10,13-14H2. The lowest BCUT2D eigenvalue weighted by atomic mass is 10.1. The maximum Gasteiger partial charge on any atom is 0.226 e. The predicted octanol–water partition coefficient (Wildman–Crippen LogP) is 4.70. The Kier molecular flexibility index (Phi) is 5.91. The smallest absolute Gasteiger partial charge is 0.226 e. The third-order valence-electron chi connectivity index (χ3n) is 5.20. The summed E-state index contributed by atoms with van der Waals surface area (Å²) in [5.74, 6) is 1.32. The van der Waals surface area contributed by atoms with Gasteiger partial charge in [0.15, 0.2) is 0 Å². The zero-order valence-corrected chi connectivity index (χ0v) is 18.4. The largest absolute Gasteiger partial charge is 0.472 e. The van der Waals surface area contributed by atoms with Gasteiger partial charge in [-0.05, 0) is 17.5 Å². The number of thiophene rings is 2. The normalized spacial score (nSPS) is 14.5. The van der Waals surface area contributed by atoms with E-state index in [0.717, 1.165) is 58.3 Å². The second kappa shape index (κ2) is 9.12. The molecule has 0 N–H and O–H groups in total. The van der Waals surface area contributed by atoms with Crippen molar-refractivity contribution in [2.45, 2.75) is 13.2 Å². The number of benzene rings is 1. The minimum atomic E-state index is 0.284. The van der Waals surface area contributed by atoms with Crippen molar-refractivity contribution < 1.29 is 9.47 Å². The summed E-state index contributed by atoms with van der Waals surface area (Å²) in [6.45, 7) is 4.16. The average Bonchev–Trinajstić information content (AvgIpc) is 3.48. The fourth-order valence-electron chi connectivity index (χ4n) is 3.60. The van der Waals surface area contributed by atoms with E-state index in [1.165, 1.54) is 0 Å². The molecule has 156 valence electrons. The quantitative estimate of drug-likeness (QED) is 0.426. The van der Waals surface area contributed by atoms with Crippen molar-refractivity contribution in [2.75, 3.05) is 26.3 Å². The third kappa shape index (κ3) is 4.31. The van der Waals surface area contributed by atoms with Gasteiger partial charge in [0.2, 0.25) is 5.88 Å². The van der Waals surface area contributed by atoms with Crippen LogP contribution < -0.4 is 4.74 Å². The Hall–Kier alpha value is -2.83. The summed E-state index contributed by atoms with van der Waals surface area (Å²) in [5.41, 5.74) is 2.56. The van der Waals surface area contributed by atoms with Gasteiger partial charge in [0.1, 0.15) is 17.3 Å². The van der Waals surface area contributed by atoms with E-state index in [4.69, 9.17) is 19.4 Å². The zero-order chi connectivity index (χ0) is 21.0. The van der Waals surface area contributed by atoms with E-state index in [9.17, 15) is 5.26 Å². The Balaban J connectivity index is 1.52. The Morgan fingerprint density at radius 2 is 1.97 bits per heavy atom. The molecule has 0 amide bonds. The monoisotopic (exact) mass is 448 g/mol. The van der Waals surface area contributed by atoms with Gasteiger partial charge in [0, 0.05) is 34.5 Å². The number of fused-ring (bicyclic) bond motifs is 1. The minimum Gasteiger partial charge on any atom is -0.472 e. The van der Waals surface area contributed by atoms with Gasteiger partial charge in [-0.3, -0.25) is 4.90 Å². The number of nitrogens with zero attached hydrogens (tertiary/aromatic N) is 4. The number of hydrogen-bond donors (Lipinski definition) is 0. The summed E-state index contributed by atoms with van der Waals surface area (Å²) in [6, 6.07) is 13.9. The highest BCUT2D eigenvalue weighted by atomic mass is 32.1. The molecule has 3 aromatic heterocycles. The van der Waals surface area contributed by atoms with E-state index < -0.39 is 0 Å². The fraction of sp³-hybridized carbons (Fsp3) is 0.261. The first-order valence-corrected chi connectivity index (χ1v) is 11.8. The van der Waals surface area contributed by atoms with Gasteiger partial charge in [0.25, 0.3) is 0 Å². The first-order valence-electron chi connectivity index (χ1n) is 10.0. The van der Waals surface area contributed by atoms with Gasteiger partial charge in [-0.1, -0.05) is 24.3 Å². The highest BCUT2D eigenvalue weighted by Crippen LogP contribution is 2.40. The molecule has 0 radical (unpaired) electrons. The molecule has 0 spiro atoms. The van der Waals surface area contributed by atoms with Crippen LogP contribution in [0.5, 0.6) is 5.88 Å². The van der Waals surface area contributed by atoms with Crippen molar-refractivity contribution in [2.24, 2.45) is 0 Å². The molecule has 8 heteroatoms. The number of ether oxygens (including phenoxy) is 2. The molecule has 0 bridgehead atoms. The SMILES string of the molecule is N#Cc1ccccc1COc1nc(CN2CCOCC2)nc2scc(-c3cccs3)c12. The summed E-state index contributed by atoms with van der Waals surface area (Å²) >= 11 is 3.30. The molecule has 1 aliphatic heterocycles. The molecule has 1 saturated heterocycles. The molecule has 4 aromatic rings. The van der Waals surface area contributed by atoms with Gasteiger partial charge in [-0.15, -0.1) is 22.7 Å². The minimum absolute atomic E-state index is 0.284. The molecule has 6 nitrogen and oxygen atoms in total. The van der Waals surface area contributed by atoms with Crippen LogP contribution in [0.3, 0.4) is 0 Å². The lowest BCUT2D eigenvalue weighted by molar-refractivity contribution is 0.0330. The second-order valence-corrected chi connectivity index (χ2v) is 9.00. The van der Waals surface area contributed by atoms with Crippen LogP contribution in [0.2, 0.25) is 0 Å². The third-order valence-corrected chi connectivity index (χ3v) is 6.98. The topological polar surface area (TPSA) is 71.3 Å². The number of aromatic nitrogens is 2. The summed E-state index contributed by atoms with van der Waals surface area (Å²) in [6.07, 6.45) is 0. The Bertz CT molecular complexity index is 1220. The molecule has 5 rings (SSSR count). The van der Waals surface area contributed by atoms with Crippen LogP contribution in [0, 0.1) is 11.3 Å². The van der Waals surface area contributed by atoms with Crippen molar-refractivity contribution in [3.8, 4) is 22.4 Å². The maximum atomic E-state index is 9.41. The van der Waals surface area contributed by atoms with Crippen LogP contribution in [0.1, 0.15) is 17.0 Å². The lowest BCUT2D eigenvalue weighted by Gasteiger charge is -2.25. The Labute approximate surface area is 188 Å². The van der Waals surface area contributed by atoms with E-state index in [2.05, 4.69) is 27.8 Å². The number of nitriles is 1. The Morgan fingerprint density at radius 3 is 2.77 bits per heavy atom. The van der Waals surface area contributed by atoms with E-state index in [1.54, 1.807) is 28.7 Å². The molecule has 0 unspecified atom stereocenters. The van der Waals surface area contributed by atoms with Crippen LogP contribution in [0.25, 0.3) is 20.7 Å². The first-order chi connectivity index (χ1) is 15.3. The first kappa shape index (κ1) is 20.1. The molecule has 4 heterocycles. The van der Waals surface area contributed by atoms with Crippen LogP contribution >= 0.6 is 22.7 Å². The molecule has 1 fully saturated rings. The van der Waals surface area contributed by atoms with Crippen LogP contribution in [0.15, 0.2) is 47.2 Å². The molecule has 0 aliphatic carbocycles. The van der Waals surface area contributed by atoms with Crippen molar-refractivity contribution in [1.82, 2.24) is 14.9 Å². The van der Waals surface area contributed by atoms with Crippen LogP contribution in [0.4, 0.5) is 0 Å². The van der Waals surface area contributed by atoms with E-state index in [1.807, 2.05) is 24.3 Å². The highest BCUT2D eigenvalue weighted by molar-refractivity contribution is 7.18. The molecular weight excluding hydrogens is 428 g/mol. The highest BCUT2D eigenvalue weighted by Gasteiger charge is 2.19. The molecule has 1 aromatic carbocycles. The number of rotatable bonds is 6. The van der Waals surface area contributed by atoms with Crippen LogP contribution in [-0.2, 0) is 17.9 Å². The molecule has 1 aliphatic rings. The fourth-order valence-corrected chi connectivity index (χ4v) is 5.37.